The summed E-state index contributed by atoms with van der Waals surface area (Å²) in [5, 5.41) is 0. The van der Waals surface area contributed by atoms with E-state index in [1.807, 2.05) is 0 Å². The normalized spacial score (nSPS) is 11.9. The maximum atomic E-state index is 12.0. The molecule has 0 fully saturated rings. The van der Waals surface area contributed by atoms with Crippen molar-refractivity contribution in [3.63, 3.8) is 0 Å². The summed E-state index contributed by atoms with van der Waals surface area (Å²) in [6, 6.07) is 0. The van der Waals surface area contributed by atoms with Gasteiger partial charge in [-0.3, -0.25) is 0 Å². The maximum absolute atomic E-state index is 12.0. The first kappa shape index (κ1) is 20.8. The minimum atomic E-state index is -4.74. The van der Waals surface area contributed by atoms with Gasteiger partial charge in [-0.15, -0.1) is 0 Å². The van der Waals surface area contributed by atoms with E-state index in [0.717, 1.165) is 12.8 Å². The highest BCUT2D eigenvalue weighted by Crippen LogP contribution is 2.13. The molecule has 0 amide bonds. The highest BCUT2D eigenvalue weighted by Gasteiger charge is 2.05. The highest BCUT2D eigenvalue weighted by molar-refractivity contribution is 7.81. The lowest BCUT2D eigenvalue weighted by atomic mass is 10.0. The van der Waals surface area contributed by atoms with Gasteiger partial charge in [-0.2, -0.15) is 8.42 Å². The SMILES string of the molecule is CCCCCCCCCCCCCCCCOS(=O)(=O)F. The summed E-state index contributed by atoms with van der Waals surface area (Å²) in [5.74, 6) is 0. The van der Waals surface area contributed by atoms with Crippen molar-refractivity contribution in [1.29, 1.82) is 0 Å². The predicted octanol–water partition coefficient (Wildman–Crippen LogP) is 5.70. The molecule has 0 saturated heterocycles. The van der Waals surface area contributed by atoms with Crippen molar-refractivity contribution in [3.05, 3.63) is 0 Å². The van der Waals surface area contributed by atoms with Crippen molar-refractivity contribution in [3.8, 4) is 0 Å². The molecular weight excluding hydrogens is 291 g/mol. The number of halogens is 1. The summed E-state index contributed by atoms with van der Waals surface area (Å²) < 4.78 is 36.2. The van der Waals surface area contributed by atoms with Gasteiger partial charge in [0.2, 0.25) is 0 Å². The number of unbranched alkanes of at least 4 members (excludes halogenated alkanes) is 13. The lowest BCUT2D eigenvalue weighted by Crippen LogP contribution is -2.00. The first-order valence-corrected chi connectivity index (χ1v) is 9.96. The Labute approximate surface area is 131 Å². The zero-order valence-corrected chi connectivity index (χ0v) is 14.4. The summed E-state index contributed by atoms with van der Waals surface area (Å²) in [7, 11) is -4.74. The topological polar surface area (TPSA) is 43.4 Å². The molecule has 0 aliphatic rings. The third-order valence-electron chi connectivity index (χ3n) is 3.72. The van der Waals surface area contributed by atoms with Crippen LogP contribution >= 0.6 is 0 Å². The number of hydrogen-bond acceptors (Lipinski definition) is 3. The van der Waals surface area contributed by atoms with Gasteiger partial charge < -0.3 is 0 Å². The second-order valence-corrected chi connectivity index (χ2v) is 6.83. The molecule has 0 rings (SSSR count). The van der Waals surface area contributed by atoms with E-state index in [9.17, 15) is 12.3 Å². The van der Waals surface area contributed by atoms with Crippen LogP contribution in [0.3, 0.4) is 0 Å². The molecular formula is C16H33FO3S. The zero-order valence-electron chi connectivity index (χ0n) is 13.6. The fourth-order valence-electron chi connectivity index (χ4n) is 2.46. The van der Waals surface area contributed by atoms with Crippen molar-refractivity contribution < 1.29 is 16.5 Å². The highest BCUT2D eigenvalue weighted by atomic mass is 32.3. The van der Waals surface area contributed by atoms with Crippen molar-refractivity contribution in [2.75, 3.05) is 6.61 Å². The van der Waals surface area contributed by atoms with Gasteiger partial charge >= 0.3 is 10.5 Å². The van der Waals surface area contributed by atoms with E-state index in [4.69, 9.17) is 0 Å². The summed E-state index contributed by atoms with van der Waals surface area (Å²) in [6.45, 7) is 2.22. The Hall–Kier alpha value is -0.160. The minimum absolute atomic E-state index is 0.0309. The van der Waals surface area contributed by atoms with Gasteiger partial charge in [-0.1, -0.05) is 94.3 Å². The molecule has 128 valence electrons. The fourth-order valence-corrected chi connectivity index (χ4v) is 2.77. The molecule has 0 saturated carbocycles. The lowest BCUT2D eigenvalue weighted by Gasteiger charge is -2.03. The molecule has 0 aromatic rings. The Morgan fingerprint density at radius 1 is 0.667 bits per heavy atom. The molecule has 3 nitrogen and oxygen atoms in total. The van der Waals surface area contributed by atoms with Gasteiger partial charge in [0.1, 0.15) is 0 Å². The monoisotopic (exact) mass is 324 g/mol. The van der Waals surface area contributed by atoms with Gasteiger partial charge in [-0.05, 0) is 6.42 Å². The summed E-state index contributed by atoms with van der Waals surface area (Å²) in [5.41, 5.74) is 0. The van der Waals surface area contributed by atoms with E-state index in [1.165, 1.54) is 70.6 Å². The van der Waals surface area contributed by atoms with Crippen LogP contribution in [0.1, 0.15) is 96.8 Å². The summed E-state index contributed by atoms with van der Waals surface area (Å²) in [4.78, 5) is 0. The van der Waals surface area contributed by atoms with Gasteiger partial charge in [0.15, 0.2) is 0 Å². The standard InChI is InChI=1S/C16H33FO3S/c1-2-3-4-5-6-7-8-9-10-11-12-13-14-15-16-20-21(17,18)19/h2-16H2,1H3. The zero-order chi connectivity index (χ0) is 15.8. The number of rotatable bonds is 16. The molecule has 5 heteroatoms. The molecule has 0 heterocycles. The van der Waals surface area contributed by atoms with E-state index in [1.54, 1.807) is 0 Å². The van der Waals surface area contributed by atoms with Gasteiger partial charge in [-0.25, -0.2) is 4.18 Å². The van der Waals surface area contributed by atoms with E-state index in [0.29, 0.717) is 6.42 Å². The van der Waals surface area contributed by atoms with Crippen LogP contribution in [0.15, 0.2) is 0 Å². The summed E-state index contributed by atoms with van der Waals surface area (Å²) >= 11 is 0. The Morgan fingerprint density at radius 3 is 1.33 bits per heavy atom. The predicted molar refractivity (Wildman–Crippen MR) is 86.3 cm³/mol. The van der Waals surface area contributed by atoms with Crippen LogP contribution in [0.4, 0.5) is 3.89 Å². The molecule has 0 aromatic heterocycles. The van der Waals surface area contributed by atoms with Crippen LogP contribution in [-0.2, 0) is 14.7 Å². The van der Waals surface area contributed by atoms with Crippen molar-refractivity contribution in [2.24, 2.45) is 0 Å². The number of hydrogen-bond donors (Lipinski definition) is 0. The fraction of sp³-hybridized carbons (Fsp3) is 1.00. The van der Waals surface area contributed by atoms with Gasteiger partial charge in [0.05, 0.1) is 6.61 Å². The lowest BCUT2D eigenvalue weighted by molar-refractivity contribution is 0.284. The molecule has 21 heavy (non-hydrogen) atoms. The van der Waals surface area contributed by atoms with Crippen LogP contribution in [0.5, 0.6) is 0 Å². The first-order chi connectivity index (χ1) is 10.1. The Morgan fingerprint density at radius 2 is 1.00 bits per heavy atom. The van der Waals surface area contributed by atoms with Crippen LogP contribution in [0, 0.1) is 0 Å². The Bertz CT molecular complexity index is 305. The molecule has 0 aromatic carbocycles. The van der Waals surface area contributed by atoms with Crippen LogP contribution < -0.4 is 0 Å². The minimum Gasteiger partial charge on any atom is -0.245 e. The molecule has 0 unspecified atom stereocenters. The second-order valence-electron chi connectivity index (χ2n) is 5.81. The van der Waals surface area contributed by atoms with Crippen molar-refractivity contribution >= 4 is 10.5 Å². The molecule has 0 bridgehead atoms. The van der Waals surface area contributed by atoms with E-state index < -0.39 is 10.5 Å². The molecule has 0 atom stereocenters. The first-order valence-electron chi connectivity index (χ1n) is 8.65. The van der Waals surface area contributed by atoms with Crippen LogP contribution in [0.2, 0.25) is 0 Å². The van der Waals surface area contributed by atoms with Gasteiger partial charge in [0.25, 0.3) is 0 Å². The second kappa shape index (κ2) is 14.8. The molecule has 0 radical (unpaired) electrons. The van der Waals surface area contributed by atoms with Crippen molar-refractivity contribution in [1.82, 2.24) is 0 Å². The van der Waals surface area contributed by atoms with E-state index in [-0.39, 0.29) is 6.61 Å². The average molecular weight is 325 g/mol. The average Bonchev–Trinajstić information content (AvgIpc) is 2.42. The van der Waals surface area contributed by atoms with E-state index >= 15 is 0 Å². The quantitative estimate of drug-likeness (QED) is 0.270. The third kappa shape index (κ3) is 19.8. The maximum Gasteiger partial charge on any atom is 0.437 e. The molecule has 0 N–H and O–H groups in total. The largest absolute Gasteiger partial charge is 0.437 e. The molecule has 0 aliphatic heterocycles. The van der Waals surface area contributed by atoms with E-state index in [2.05, 4.69) is 11.1 Å². The Kier molecular flexibility index (Phi) is 14.7. The van der Waals surface area contributed by atoms with Crippen LogP contribution in [0.25, 0.3) is 0 Å². The van der Waals surface area contributed by atoms with Crippen molar-refractivity contribution in [2.45, 2.75) is 96.8 Å². The van der Waals surface area contributed by atoms with Gasteiger partial charge in [0, 0.05) is 0 Å². The Balaban J connectivity index is 3.03. The molecule has 0 spiro atoms. The molecule has 0 aliphatic carbocycles. The van der Waals surface area contributed by atoms with Crippen LogP contribution in [-0.4, -0.2) is 15.0 Å². The summed E-state index contributed by atoms with van der Waals surface area (Å²) in [6.07, 6.45) is 17.2. The third-order valence-corrected chi connectivity index (χ3v) is 4.17. The smallest absolute Gasteiger partial charge is 0.245 e.